The number of nitrogens with zero attached hydrogens (tertiary/aromatic N) is 1. The fourth-order valence-electron chi connectivity index (χ4n) is 2.34. The van der Waals surface area contributed by atoms with E-state index in [2.05, 4.69) is 50.5 Å². The molecule has 1 aromatic carbocycles. The predicted molar refractivity (Wildman–Crippen MR) is 89.6 cm³/mol. The third-order valence-electron chi connectivity index (χ3n) is 3.37. The lowest BCUT2D eigenvalue weighted by Gasteiger charge is -2.30. The van der Waals surface area contributed by atoms with Crippen molar-refractivity contribution in [1.82, 2.24) is 10.3 Å². The molecule has 3 nitrogen and oxygen atoms in total. The Bertz CT molecular complexity index is 558. The normalized spacial score (nSPS) is 20.1. The number of morpholine rings is 1. The van der Waals surface area contributed by atoms with E-state index in [1.807, 2.05) is 24.4 Å². The average Bonchev–Trinajstić information content (AvgIpc) is 2.56. The van der Waals surface area contributed by atoms with Gasteiger partial charge in [-0.3, -0.25) is 0 Å². The van der Waals surface area contributed by atoms with E-state index in [9.17, 15) is 0 Å². The Labute approximate surface area is 137 Å². The number of nitrogens with one attached hydrogen (secondary N) is 1. The first-order chi connectivity index (χ1) is 10.3. The lowest BCUT2D eigenvalue weighted by molar-refractivity contribution is 0.0273. The van der Waals surface area contributed by atoms with E-state index in [4.69, 9.17) is 4.74 Å². The summed E-state index contributed by atoms with van der Waals surface area (Å²) >= 11 is 5.19. The van der Waals surface area contributed by atoms with E-state index in [1.165, 1.54) is 5.56 Å². The number of pyridine rings is 1. The van der Waals surface area contributed by atoms with Gasteiger partial charge in [0, 0.05) is 23.8 Å². The van der Waals surface area contributed by atoms with Crippen LogP contribution in [0, 0.1) is 0 Å². The molecule has 2 aromatic rings. The Morgan fingerprint density at radius 1 is 1.24 bits per heavy atom. The van der Waals surface area contributed by atoms with E-state index in [1.54, 1.807) is 11.8 Å². The Balaban J connectivity index is 1.83. The minimum atomic E-state index is 0.164. The number of ether oxygens (including phenoxy) is 1. The molecule has 1 aromatic heterocycles. The molecular formula is C16H17BrN2OS. The topological polar surface area (TPSA) is 34.1 Å². The average molecular weight is 365 g/mol. The first-order valence-corrected chi connectivity index (χ1v) is 8.66. The van der Waals surface area contributed by atoms with Crippen molar-refractivity contribution < 1.29 is 4.74 Å². The second kappa shape index (κ2) is 7.40. The maximum absolute atomic E-state index is 5.97. The lowest BCUT2D eigenvalue weighted by atomic mass is 10.1. The van der Waals surface area contributed by atoms with Crippen LogP contribution in [0.1, 0.15) is 10.8 Å². The number of aromatic nitrogens is 1. The molecule has 0 saturated carbocycles. The quantitative estimate of drug-likeness (QED) is 0.839. The van der Waals surface area contributed by atoms with Crippen molar-refractivity contribution >= 4 is 27.7 Å². The Hall–Kier alpha value is -0.880. The van der Waals surface area contributed by atoms with Crippen LogP contribution in [0.5, 0.6) is 0 Å². The summed E-state index contributed by atoms with van der Waals surface area (Å²) in [4.78, 5) is 4.48. The van der Waals surface area contributed by atoms with Gasteiger partial charge in [-0.25, -0.2) is 4.98 Å². The predicted octanol–water partition coefficient (Wildman–Crippen LogP) is 3.67. The number of thioether (sulfide) groups is 1. The standard InChI is InChI=1S/C16H17BrN2OS/c17-13-6-7-15(19-10-13)21-16(12-4-2-1-3-5-12)14-11-18-8-9-20-14/h1-7,10,14,16,18H,8-9,11H2. The highest BCUT2D eigenvalue weighted by molar-refractivity contribution is 9.10. The summed E-state index contributed by atoms with van der Waals surface area (Å²) in [5.41, 5.74) is 1.28. The molecule has 0 spiro atoms. The van der Waals surface area contributed by atoms with Crippen molar-refractivity contribution in [2.45, 2.75) is 16.4 Å². The van der Waals surface area contributed by atoms with Crippen LogP contribution >= 0.6 is 27.7 Å². The first-order valence-electron chi connectivity index (χ1n) is 6.98. The number of hydrogen-bond donors (Lipinski definition) is 1. The van der Waals surface area contributed by atoms with Crippen molar-refractivity contribution in [2.24, 2.45) is 0 Å². The molecule has 0 bridgehead atoms. The van der Waals surface area contributed by atoms with Gasteiger partial charge in [0.1, 0.15) is 0 Å². The highest BCUT2D eigenvalue weighted by atomic mass is 79.9. The van der Waals surface area contributed by atoms with E-state index >= 15 is 0 Å². The zero-order chi connectivity index (χ0) is 14.5. The molecule has 110 valence electrons. The molecule has 1 N–H and O–H groups in total. The molecule has 1 fully saturated rings. The van der Waals surface area contributed by atoms with Crippen LogP contribution in [0.4, 0.5) is 0 Å². The molecule has 2 heterocycles. The molecular weight excluding hydrogens is 348 g/mol. The number of benzene rings is 1. The van der Waals surface area contributed by atoms with Gasteiger partial charge in [0.2, 0.25) is 0 Å². The van der Waals surface area contributed by atoms with Gasteiger partial charge in [-0.1, -0.05) is 42.1 Å². The van der Waals surface area contributed by atoms with Crippen LogP contribution in [-0.4, -0.2) is 30.8 Å². The SMILES string of the molecule is Brc1ccc(SC(c2ccccc2)C2CNCCO2)nc1. The summed E-state index contributed by atoms with van der Waals surface area (Å²) in [5, 5.41) is 4.67. The van der Waals surface area contributed by atoms with Crippen LogP contribution < -0.4 is 5.32 Å². The largest absolute Gasteiger partial charge is 0.374 e. The zero-order valence-electron chi connectivity index (χ0n) is 11.5. The molecule has 1 aliphatic heterocycles. The highest BCUT2D eigenvalue weighted by Gasteiger charge is 2.27. The molecule has 1 saturated heterocycles. The highest BCUT2D eigenvalue weighted by Crippen LogP contribution is 2.38. The van der Waals surface area contributed by atoms with Crippen molar-refractivity contribution in [3.8, 4) is 0 Å². The Morgan fingerprint density at radius 3 is 2.76 bits per heavy atom. The number of halogens is 1. The fraction of sp³-hybridized carbons (Fsp3) is 0.312. The Kier molecular flexibility index (Phi) is 5.30. The van der Waals surface area contributed by atoms with Gasteiger partial charge < -0.3 is 10.1 Å². The van der Waals surface area contributed by atoms with Gasteiger partial charge in [-0.05, 0) is 33.6 Å². The maximum Gasteiger partial charge on any atom is 0.0967 e. The summed E-state index contributed by atoms with van der Waals surface area (Å²) in [5.74, 6) is 0. The lowest BCUT2D eigenvalue weighted by Crippen LogP contribution is -2.41. The summed E-state index contributed by atoms with van der Waals surface area (Å²) < 4.78 is 6.97. The van der Waals surface area contributed by atoms with Crippen LogP contribution in [0.2, 0.25) is 0 Å². The van der Waals surface area contributed by atoms with Crippen LogP contribution in [0.25, 0.3) is 0 Å². The fourth-order valence-corrected chi connectivity index (χ4v) is 3.72. The molecule has 3 rings (SSSR count). The van der Waals surface area contributed by atoms with Crippen molar-refractivity contribution in [3.05, 3.63) is 58.7 Å². The summed E-state index contributed by atoms with van der Waals surface area (Å²) in [7, 11) is 0. The van der Waals surface area contributed by atoms with Gasteiger partial charge >= 0.3 is 0 Å². The zero-order valence-corrected chi connectivity index (χ0v) is 13.9. The third kappa shape index (κ3) is 4.07. The maximum atomic E-state index is 5.97. The molecule has 21 heavy (non-hydrogen) atoms. The second-order valence-corrected chi connectivity index (χ2v) is 6.95. The van der Waals surface area contributed by atoms with E-state index < -0.39 is 0 Å². The Morgan fingerprint density at radius 2 is 2.10 bits per heavy atom. The van der Waals surface area contributed by atoms with Gasteiger partial charge in [0.25, 0.3) is 0 Å². The molecule has 1 aliphatic rings. The van der Waals surface area contributed by atoms with Gasteiger partial charge in [0.05, 0.1) is 23.0 Å². The van der Waals surface area contributed by atoms with Crippen molar-refractivity contribution in [3.63, 3.8) is 0 Å². The molecule has 0 amide bonds. The van der Waals surface area contributed by atoms with Crippen LogP contribution in [0.3, 0.4) is 0 Å². The van der Waals surface area contributed by atoms with Crippen molar-refractivity contribution in [2.75, 3.05) is 19.7 Å². The summed E-state index contributed by atoms with van der Waals surface area (Å²) in [6.07, 6.45) is 2.00. The van der Waals surface area contributed by atoms with Gasteiger partial charge in [-0.15, -0.1) is 0 Å². The van der Waals surface area contributed by atoms with Crippen molar-refractivity contribution in [1.29, 1.82) is 0 Å². The minimum Gasteiger partial charge on any atom is -0.374 e. The summed E-state index contributed by atoms with van der Waals surface area (Å²) in [6.45, 7) is 2.57. The van der Waals surface area contributed by atoms with Gasteiger partial charge in [-0.2, -0.15) is 0 Å². The van der Waals surface area contributed by atoms with E-state index in [0.29, 0.717) is 0 Å². The molecule has 0 aliphatic carbocycles. The molecule has 2 atom stereocenters. The monoisotopic (exact) mass is 364 g/mol. The minimum absolute atomic E-state index is 0.164. The summed E-state index contributed by atoms with van der Waals surface area (Å²) in [6, 6.07) is 14.6. The molecule has 5 heteroatoms. The van der Waals surface area contributed by atoms with E-state index in [-0.39, 0.29) is 11.4 Å². The van der Waals surface area contributed by atoms with Gasteiger partial charge in [0.15, 0.2) is 0 Å². The second-order valence-electron chi connectivity index (χ2n) is 4.88. The van der Waals surface area contributed by atoms with Crippen LogP contribution in [-0.2, 0) is 4.74 Å². The van der Waals surface area contributed by atoms with E-state index in [0.717, 1.165) is 29.2 Å². The smallest absolute Gasteiger partial charge is 0.0967 e. The molecule has 0 radical (unpaired) electrons. The number of rotatable bonds is 4. The third-order valence-corrected chi connectivity index (χ3v) is 5.15. The first kappa shape index (κ1) is 15.0. The molecule has 2 unspecified atom stereocenters. The van der Waals surface area contributed by atoms with Crippen LogP contribution in [0.15, 0.2) is 58.2 Å². The number of hydrogen-bond acceptors (Lipinski definition) is 4.